The van der Waals surface area contributed by atoms with Crippen LogP contribution in [0.2, 0.25) is 5.02 Å². The van der Waals surface area contributed by atoms with E-state index in [9.17, 15) is 14.4 Å². The molecule has 24 heavy (non-hydrogen) atoms. The Morgan fingerprint density at radius 3 is 2.62 bits per heavy atom. The summed E-state index contributed by atoms with van der Waals surface area (Å²) in [5, 5.41) is 0.597. The minimum Gasteiger partial charge on any atom is -0.334 e. The average Bonchev–Trinajstić information content (AvgIpc) is 2.56. The molecule has 1 heterocycles. The molecule has 1 aromatic heterocycles. The van der Waals surface area contributed by atoms with Gasteiger partial charge >= 0.3 is 5.69 Å². The molecule has 0 unspecified atom stereocenters. The second-order valence-electron chi connectivity index (χ2n) is 5.61. The highest BCUT2D eigenvalue weighted by Crippen LogP contribution is 2.19. The zero-order valence-electron chi connectivity index (χ0n) is 13.7. The molecular formula is C17H20ClN3O3. The lowest BCUT2D eigenvalue weighted by molar-refractivity contribution is -0.134. The predicted molar refractivity (Wildman–Crippen MR) is 93.1 cm³/mol. The van der Waals surface area contributed by atoms with Gasteiger partial charge in [-0.25, -0.2) is 4.79 Å². The summed E-state index contributed by atoms with van der Waals surface area (Å²) < 4.78 is 1.19. The Balaban J connectivity index is 2.24. The van der Waals surface area contributed by atoms with Gasteiger partial charge < -0.3 is 4.90 Å². The van der Waals surface area contributed by atoms with E-state index in [0.717, 1.165) is 12.0 Å². The third kappa shape index (κ3) is 4.35. The highest BCUT2D eigenvalue weighted by atomic mass is 35.5. The molecule has 0 bridgehead atoms. The Bertz CT molecular complexity index is 828. The topological polar surface area (TPSA) is 75.2 Å². The van der Waals surface area contributed by atoms with Crippen LogP contribution in [0.1, 0.15) is 25.8 Å². The number of benzene rings is 1. The number of aromatic nitrogens is 2. The fourth-order valence-corrected chi connectivity index (χ4v) is 2.52. The van der Waals surface area contributed by atoms with Crippen LogP contribution in [0.4, 0.5) is 0 Å². The summed E-state index contributed by atoms with van der Waals surface area (Å²) >= 11 is 6.19. The average molecular weight is 350 g/mol. The standard InChI is InChI=1S/C17H20ClN3O3/c1-3-12(2)21(10-13-6-4-5-7-14(13)18)16(23)11-20-9-8-15(22)19-17(20)24/h4-9,12H,3,10-11H2,1-2H3,(H,19,22,24)/t12-/m1/s1. The van der Waals surface area contributed by atoms with Crippen LogP contribution in [-0.2, 0) is 17.9 Å². The van der Waals surface area contributed by atoms with Gasteiger partial charge in [0.2, 0.25) is 5.91 Å². The van der Waals surface area contributed by atoms with Crippen LogP contribution in [0.15, 0.2) is 46.1 Å². The molecule has 0 aliphatic rings. The molecule has 0 aliphatic carbocycles. The van der Waals surface area contributed by atoms with Crippen LogP contribution in [0.3, 0.4) is 0 Å². The molecule has 1 atom stereocenters. The summed E-state index contributed by atoms with van der Waals surface area (Å²) in [6, 6.07) is 8.57. The van der Waals surface area contributed by atoms with Crippen molar-refractivity contribution in [2.24, 2.45) is 0 Å². The second kappa shape index (κ2) is 7.97. The Labute approximate surface area is 144 Å². The van der Waals surface area contributed by atoms with Gasteiger partial charge in [0.1, 0.15) is 6.54 Å². The van der Waals surface area contributed by atoms with E-state index < -0.39 is 11.2 Å². The molecule has 1 amide bonds. The number of carbonyl (C=O) groups excluding carboxylic acids is 1. The number of hydrogen-bond acceptors (Lipinski definition) is 3. The summed E-state index contributed by atoms with van der Waals surface area (Å²) in [4.78, 5) is 39.4. The van der Waals surface area contributed by atoms with E-state index in [2.05, 4.69) is 4.98 Å². The van der Waals surface area contributed by atoms with Crippen molar-refractivity contribution >= 4 is 17.5 Å². The van der Waals surface area contributed by atoms with Crippen LogP contribution >= 0.6 is 11.6 Å². The molecule has 0 saturated carbocycles. The third-order valence-corrected chi connectivity index (χ3v) is 4.31. The smallest absolute Gasteiger partial charge is 0.328 e. The first kappa shape index (κ1) is 18.0. The van der Waals surface area contributed by atoms with E-state index in [1.54, 1.807) is 11.0 Å². The third-order valence-electron chi connectivity index (χ3n) is 3.94. The van der Waals surface area contributed by atoms with Gasteiger partial charge in [-0.1, -0.05) is 36.7 Å². The number of hydrogen-bond donors (Lipinski definition) is 1. The highest BCUT2D eigenvalue weighted by molar-refractivity contribution is 6.31. The van der Waals surface area contributed by atoms with Gasteiger partial charge in [-0.05, 0) is 25.0 Å². The molecule has 6 nitrogen and oxygen atoms in total. The van der Waals surface area contributed by atoms with Gasteiger partial charge in [0.25, 0.3) is 5.56 Å². The van der Waals surface area contributed by atoms with Gasteiger partial charge in [0.15, 0.2) is 0 Å². The highest BCUT2D eigenvalue weighted by Gasteiger charge is 2.20. The van der Waals surface area contributed by atoms with Gasteiger partial charge in [-0.15, -0.1) is 0 Å². The fourth-order valence-electron chi connectivity index (χ4n) is 2.33. The maximum atomic E-state index is 12.7. The van der Waals surface area contributed by atoms with Crippen molar-refractivity contribution < 1.29 is 4.79 Å². The van der Waals surface area contributed by atoms with Crippen LogP contribution < -0.4 is 11.2 Å². The van der Waals surface area contributed by atoms with Crippen molar-refractivity contribution in [3.63, 3.8) is 0 Å². The summed E-state index contributed by atoms with van der Waals surface area (Å²) in [7, 11) is 0. The number of rotatable bonds is 6. The Hall–Kier alpha value is -2.34. The number of halogens is 1. The molecule has 1 aromatic carbocycles. The van der Waals surface area contributed by atoms with Crippen LogP contribution in [0.25, 0.3) is 0 Å². The molecule has 2 rings (SSSR count). The molecule has 7 heteroatoms. The van der Waals surface area contributed by atoms with E-state index >= 15 is 0 Å². The van der Waals surface area contributed by atoms with Crippen molar-refractivity contribution in [1.82, 2.24) is 14.5 Å². The number of nitrogens with one attached hydrogen (secondary N) is 1. The lowest BCUT2D eigenvalue weighted by Crippen LogP contribution is -2.42. The van der Waals surface area contributed by atoms with E-state index in [4.69, 9.17) is 11.6 Å². The molecule has 0 aliphatic heterocycles. The van der Waals surface area contributed by atoms with E-state index in [0.29, 0.717) is 11.6 Å². The Morgan fingerprint density at radius 2 is 2.00 bits per heavy atom. The summed E-state index contributed by atoms with van der Waals surface area (Å²) in [5.41, 5.74) is -0.238. The van der Waals surface area contributed by atoms with Gasteiger partial charge in [0.05, 0.1) is 0 Å². The zero-order chi connectivity index (χ0) is 17.7. The molecule has 0 saturated heterocycles. The molecule has 0 spiro atoms. The zero-order valence-corrected chi connectivity index (χ0v) is 14.4. The molecule has 0 fully saturated rings. The van der Waals surface area contributed by atoms with Crippen molar-refractivity contribution in [2.45, 2.75) is 39.4 Å². The number of nitrogens with zero attached hydrogens (tertiary/aromatic N) is 2. The minimum atomic E-state index is -0.599. The number of aromatic amines is 1. The summed E-state index contributed by atoms with van der Waals surface area (Å²) in [6.45, 7) is 4.17. The molecule has 2 aromatic rings. The Morgan fingerprint density at radius 1 is 1.29 bits per heavy atom. The summed E-state index contributed by atoms with van der Waals surface area (Å²) in [5.74, 6) is -0.210. The molecule has 0 radical (unpaired) electrons. The normalized spacial score (nSPS) is 12.0. The minimum absolute atomic E-state index is 0.00719. The SMILES string of the molecule is CC[C@@H](C)N(Cc1ccccc1Cl)C(=O)Cn1ccc(=O)[nH]c1=O. The van der Waals surface area contributed by atoms with E-state index in [1.165, 1.54) is 16.8 Å². The number of carbonyl (C=O) groups is 1. The lowest BCUT2D eigenvalue weighted by Gasteiger charge is -2.29. The quantitative estimate of drug-likeness (QED) is 0.866. The largest absolute Gasteiger partial charge is 0.334 e. The lowest BCUT2D eigenvalue weighted by atomic mass is 10.1. The van der Waals surface area contributed by atoms with Crippen molar-refractivity contribution in [3.05, 3.63) is 68.0 Å². The number of amides is 1. The molecule has 1 N–H and O–H groups in total. The van der Waals surface area contributed by atoms with Gasteiger partial charge in [-0.2, -0.15) is 0 Å². The monoisotopic (exact) mass is 349 g/mol. The predicted octanol–water partition coefficient (Wildman–Crippen LogP) is 2.02. The first-order valence-corrected chi connectivity index (χ1v) is 8.12. The van der Waals surface area contributed by atoms with Crippen LogP contribution in [0.5, 0.6) is 0 Å². The van der Waals surface area contributed by atoms with Crippen molar-refractivity contribution in [2.75, 3.05) is 0 Å². The first-order valence-electron chi connectivity index (χ1n) is 7.75. The molecular weight excluding hydrogens is 330 g/mol. The fraction of sp³-hybridized carbons (Fsp3) is 0.353. The van der Waals surface area contributed by atoms with E-state index in [1.807, 2.05) is 32.0 Å². The van der Waals surface area contributed by atoms with Crippen LogP contribution in [0, 0.1) is 0 Å². The second-order valence-corrected chi connectivity index (χ2v) is 6.02. The van der Waals surface area contributed by atoms with Gasteiger partial charge in [-0.3, -0.25) is 19.1 Å². The van der Waals surface area contributed by atoms with Crippen LogP contribution in [-0.4, -0.2) is 26.4 Å². The van der Waals surface area contributed by atoms with Crippen molar-refractivity contribution in [1.29, 1.82) is 0 Å². The number of H-pyrrole nitrogens is 1. The molecule has 128 valence electrons. The summed E-state index contributed by atoms with van der Waals surface area (Å²) in [6.07, 6.45) is 2.10. The first-order chi connectivity index (χ1) is 11.4. The van der Waals surface area contributed by atoms with E-state index in [-0.39, 0.29) is 18.5 Å². The Kier molecular flexibility index (Phi) is 5.98. The maximum Gasteiger partial charge on any atom is 0.328 e. The maximum absolute atomic E-state index is 12.7. The van der Waals surface area contributed by atoms with Crippen molar-refractivity contribution in [3.8, 4) is 0 Å². The van der Waals surface area contributed by atoms with Gasteiger partial charge in [0, 0.05) is 29.9 Å².